The average molecular weight is 404 g/mol. The first kappa shape index (κ1) is 20.2. The number of methoxy groups -OCH3 is 2. The summed E-state index contributed by atoms with van der Waals surface area (Å²) in [5.74, 6) is 0.802. The van der Waals surface area contributed by atoms with Gasteiger partial charge in [0.1, 0.15) is 17.5 Å². The van der Waals surface area contributed by atoms with Gasteiger partial charge in [-0.15, -0.1) is 0 Å². The van der Waals surface area contributed by atoms with Crippen molar-refractivity contribution in [3.8, 4) is 11.5 Å². The maximum Gasteiger partial charge on any atom is 0.245 e. The number of carbonyl (C=O) groups is 1. The molecule has 0 aliphatic carbocycles. The van der Waals surface area contributed by atoms with Gasteiger partial charge >= 0.3 is 0 Å². The molecular weight excluding hydrogens is 380 g/mol. The van der Waals surface area contributed by atoms with Gasteiger partial charge in [0.15, 0.2) is 0 Å². The van der Waals surface area contributed by atoms with E-state index >= 15 is 0 Å². The number of piperazine rings is 1. The number of aryl methyl sites for hydroxylation is 1. The molecule has 0 spiro atoms. The summed E-state index contributed by atoms with van der Waals surface area (Å²) in [6, 6.07) is 11.0. The van der Waals surface area contributed by atoms with E-state index in [0.717, 1.165) is 5.56 Å². The number of carbonyl (C=O) groups excluding carboxylic acids is 1. The zero-order valence-electron chi connectivity index (χ0n) is 16.4. The highest BCUT2D eigenvalue weighted by Crippen LogP contribution is 2.35. The summed E-state index contributed by atoms with van der Waals surface area (Å²) in [6.45, 7) is 3.90. The molecule has 0 saturated carbocycles. The third-order valence-electron chi connectivity index (χ3n) is 4.90. The molecule has 0 bridgehead atoms. The topological polar surface area (TPSA) is 76.2 Å². The molecule has 150 valence electrons. The molecule has 1 saturated heterocycles. The Hall–Kier alpha value is -2.58. The maximum absolute atomic E-state index is 13.1. The van der Waals surface area contributed by atoms with Crippen LogP contribution >= 0.6 is 0 Å². The molecule has 1 aliphatic heterocycles. The van der Waals surface area contributed by atoms with Crippen LogP contribution in [0.4, 0.5) is 5.69 Å². The van der Waals surface area contributed by atoms with Crippen LogP contribution in [-0.4, -0.2) is 52.0 Å². The zero-order valence-corrected chi connectivity index (χ0v) is 17.2. The summed E-state index contributed by atoms with van der Waals surface area (Å²) in [5, 5.41) is 0. The Morgan fingerprint density at radius 1 is 1.00 bits per heavy atom. The van der Waals surface area contributed by atoms with Gasteiger partial charge in [0, 0.05) is 19.2 Å². The lowest BCUT2D eigenvalue weighted by atomic mass is 10.1. The van der Waals surface area contributed by atoms with Crippen LogP contribution in [0, 0.1) is 6.92 Å². The number of sulfonamides is 1. The minimum Gasteiger partial charge on any atom is -0.497 e. The first-order chi connectivity index (χ1) is 13.3. The van der Waals surface area contributed by atoms with E-state index in [1.165, 1.54) is 11.4 Å². The minimum atomic E-state index is -3.77. The van der Waals surface area contributed by atoms with E-state index in [1.807, 2.05) is 6.92 Å². The Kier molecular flexibility index (Phi) is 5.62. The Morgan fingerprint density at radius 3 is 2.29 bits per heavy atom. The average Bonchev–Trinajstić information content (AvgIpc) is 2.69. The molecule has 0 N–H and O–H groups in total. The van der Waals surface area contributed by atoms with Crippen molar-refractivity contribution in [2.24, 2.45) is 0 Å². The Balaban J connectivity index is 1.91. The van der Waals surface area contributed by atoms with Gasteiger partial charge in [-0.05, 0) is 38.1 Å². The van der Waals surface area contributed by atoms with Gasteiger partial charge in [-0.25, -0.2) is 8.42 Å². The van der Waals surface area contributed by atoms with Gasteiger partial charge in [0.25, 0.3) is 0 Å². The molecule has 1 atom stereocenters. The fraction of sp³-hybridized carbons (Fsp3) is 0.350. The van der Waals surface area contributed by atoms with Gasteiger partial charge in [0.05, 0.1) is 24.8 Å². The van der Waals surface area contributed by atoms with Crippen LogP contribution in [0.3, 0.4) is 0 Å². The standard InChI is InChI=1S/C20H24N2O5S/c1-14-5-8-17(9-6-14)28(24,25)22-12-11-21(20(23)15(22)2)18-13-16(26-3)7-10-19(18)27-4/h5-10,13,15H,11-12H2,1-4H3. The molecule has 1 aliphatic rings. The first-order valence-electron chi connectivity index (χ1n) is 8.91. The predicted octanol–water partition coefficient (Wildman–Crippen LogP) is 2.44. The van der Waals surface area contributed by atoms with Gasteiger partial charge in [0.2, 0.25) is 15.9 Å². The molecule has 28 heavy (non-hydrogen) atoms. The highest BCUT2D eigenvalue weighted by Gasteiger charge is 2.40. The third kappa shape index (κ3) is 3.57. The number of benzene rings is 2. The fourth-order valence-electron chi connectivity index (χ4n) is 3.27. The minimum absolute atomic E-state index is 0.184. The van der Waals surface area contributed by atoms with Crippen molar-refractivity contribution in [1.29, 1.82) is 0 Å². The van der Waals surface area contributed by atoms with Crippen molar-refractivity contribution in [1.82, 2.24) is 4.31 Å². The third-order valence-corrected chi connectivity index (χ3v) is 6.89. The Labute approximate surface area is 165 Å². The second-order valence-corrected chi connectivity index (χ2v) is 8.52. The summed E-state index contributed by atoms with van der Waals surface area (Å²) in [4.78, 5) is 14.8. The van der Waals surface area contributed by atoms with Crippen molar-refractivity contribution >= 4 is 21.6 Å². The van der Waals surface area contributed by atoms with Crippen LogP contribution in [0.25, 0.3) is 0 Å². The summed E-state index contributed by atoms with van der Waals surface area (Å²) >= 11 is 0. The van der Waals surface area contributed by atoms with Crippen LogP contribution < -0.4 is 14.4 Å². The van der Waals surface area contributed by atoms with Crippen LogP contribution in [0.15, 0.2) is 47.4 Å². The number of anilines is 1. The molecule has 7 nitrogen and oxygen atoms in total. The molecule has 2 aromatic carbocycles. The van der Waals surface area contributed by atoms with Crippen LogP contribution in [0.2, 0.25) is 0 Å². The molecule has 0 aromatic heterocycles. The lowest BCUT2D eigenvalue weighted by Crippen LogP contribution is -2.57. The lowest BCUT2D eigenvalue weighted by molar-refractivity contribution is -0.123. The van der Waals surface area contributed by atoms with Gasteiger partial charge in [-0.1, -0.05) is 17.7 Å². The zero-order chi connectivity index (χ0) is 20.5. The lowest BCUT2D eigenvalue weighted by Gasteiger charge is -2.38. The monoisotopic (exact) mass is 404 g/mol. The molecule has 1 unspecified atom stereocenters. The highest BCUT2D eigenvalue weighted by molar-refractivity contribution is 7.89. The predicted molar refractivity (Wildman–Crippen MR) is 106 cm³/mol. The van der Waals surface area contributed by atoms with Gasteiger partial charge < -0.3 is 14.4 Å². The highest BCUT2D eigenvalue weighted by atomic mass is 32.2. The van der Waals surface area contributed by atoms with Gasteiger partial charge in [-0.3, -0.25) is 4.79 Å². The normalized spacial score (nSPS) is 18.2. The number of nitrogens with zero attached hydrogens (tertiary/aromatic N) is 2. The summed E-state index contributed by atoms with van der Waals surface area (Å²) in [6.07, 6.45) is 0. The number of rotatable bonds is 5. The van der Waals surface area contributed by atoms with Crippen molar-refractivity contribution in [2.45, 2.75) is 24.8 Å². The van der Waals surface area contributed by atoms with E-state index < -0.39 is 16.1 Å². The fourth-order valence-corrected chi connectivity index (χ4v) is 4.85. The largest absolute Gasteiger partial charge is 0.497 e. The SMILES string of the molecule is COc1ccc(OC)c(N2CCN(S(=O)(=O)c3ccc(C)cc3)C(C)C2=O)c1. The molecule has 0 radical (unpaired) electrons. The van der Waals surface area contributed by atoms with Crippen molar-refractivity contribution in [2.75, 3.05) is 32.2 Å². The summed E-state index contributed by atoms with van der Waals surface area (Å²) in [7, 11) is -0.696. The number of amides is 1. The number of ether oxygens (including phenoxy) is 2. The van der Waals surface area contributed by atoms with E-state index in [2.05, 4.69) is 0 Å². The smallest absolute Gasteiger partial charge is 0.245 e. The second-order valence-electron chi connectivity index (χ2n) is 6.63. The van der Waals surface area contributed by atoms with Crippen molar-refractivity contribution in [3.05, 3.63) is 48.0 Å². The Morgan fingerprint density at radius 2 is 1.68 bits per heavy atom. The first-order valence-corrected chi connectivity index (χ1v) is 10.4. The van der Waals surface area contributed by atoms with E-state index in [0.29, 0.717) is 17.2 Å². The van der Waals surface area contributed by atoms with Crippen molar-refractivity contribution in [3.63, 3.8) is 0 Å². The summed E-state index contributed by atoms with van der Waals surface area (Å²) < 4.78 is 37.9. The molecule has 1 heterocycles. The van der Waals surface area contributed by atoms with Gasteiger partial charge in [-0.2, -0.15) is 4.31 Å². The quantitative estimate of drug-likeness (QED) is 0.765. The molecule has 3 rings (SSSR count). The Bertz CT molecular complexity index is 973. The van der Waals surface area contributed by atoms with E-state index in [4.69, 9.17) is 9.47 Å². The molecular formula is C20H24N2O5S. The maximum atomic E-state index is 13.1. The molecule has 8 heteroatoms. The number of hydrogen-bond donors (Lipinski definition) is 0. The van der Waals surface area contributed by atoms with Crippen molar-refractivity contribution < 1.29 is 22.7 Å². The van der Waals surface area contributed by atoms with Crippen LogP contribution in [0.5, 0.6) is 11.5 Å². The molecule has 1 fully saturated rings. The molecule has 1 amide bonds. The van der Waals surface area contributed by atoms with E-state index in [-0.39, 0.29) is 23.9 Å². The number of hydrogen-bond acceptors (Lipinski definition) is 5. The second kappa shape index (κ2) is 7.81. The van der Waals surface area contributed by atoms with E-state index in [1.54, 1.807) is 61.4 Å². The van der Waals surface area contributed by atoms with E-state index in [9.17, 15) is 13.2 Å². The molecule has 2 aromatic rings. The van der Waals surface area contributed by atoms with Crippen LogP contribution in [0.1, 0.15) is 12.5 Å². The van der Waals surface area contributed by atoms with Crippen LogP contribution in [-0.2, 0) is 14.8 Å². The summed E-state index contributed by atoms with van der Waals surface area (Å²) in [5.41, 5.74) is 1.53.